The third-order valence-corrected chi connectivity index (χ3v) is 1.73. The lowest BCUT2D eigenvalue weighted by Crippen LogP contribution is -2.03. The molecule has 0 aromatic carbocycles. The molecule has 0 aliphatic heterocycles. The van der Waals surface area contributed by atoms with Gasteiger partial charge in [0.1, 0.15) is 0 Å². The number of hydrogen-bond acceptors (Lipinski definition) is 1. The summed E-state index contributed by atoms with van der Waals surface area (Å²) in [6.07, 6.45) is 7.05. The molecule has 2 heteroatoms. The number of ether oxygens (including phenoxy) is 1. The first-order chi connectivity index (χ1) is 5.77. The standard InChI is InChI=1S/C10H19ClO/c1-10(2)12-9-7-5-3-4-6-8-11/h6,8,10H,3-5,7,9H2,1-2H3. The fourth-order valence-electron chi connectivity index (χ4n) is 0.923. The van der Waals surface area contributed by atoms with Gasteiger partial charge < -0.3 is 4.74 Å². The van der Waals surface area contributed by atoms with Crippen molar-refractivity contribution in [3.8, 4) is 0 Å². The van der Waals surface area contributed by atoms with E-state index >= 15 is 0 Å². The van der Waals surface area contributed by atoms with Gasteiger partial charge in [0.05, 0.1) is 6.10 Å². The Kier molecular flexibility index (Phi) is 9.07. The molecule has 0 rings (SSSR count). The summed E-state index contributed by atoms with van der Waals surface area (Å²) in [5.41, 5.74) is 1.59. The van der Waals surface area contributed by atoms with Crippen molar-refractivity contribution in [1.82, 2.24) is 0 Å². The highest BCUT2D eigenvalue weighted by Crippen LogP contribution is 2.02. The average Bonchev–Trinajstić information content (AvgIpc) is 2.02. The predicted molar refractivity (Wildman–Crippen MR) is 54.5 cm³/mol. The highest BCUT2D eigenvalue weighted by Gasteiger charge is 1.92. The van der Waals surface area contributed by atoms with E-state index in [1.54, 1.807) is 5.54 Å². The van der Waals surface area contributed by atoms with Gasteiger partial charge in [0.15, 0.2) is 0 Å². The van der Waals surface area contributed by atoms with Gasteiger partial charge in [-0.15, -0.1) is 0 Å². The van der Waals surface area contributed by atoms with Crippen molar-refractivity contribution in [2.75, 3.05) is 6.61 Å². The Morgan fingerprint density at radius 2 is 2.00 bits per heavy atom. The van der Waals surface area contributed by atoms with Crippen LogP contribution in [0, 0.1) is 0 Å². The largest absolute Gasteiger partial charge is 0.379 e. The highest BCUT2D eigenvalue weighted by atomic mass is 35.5. The third-order valence-electron chi connectivity index (χ3n) is 1.56. The van der Waals surface area contributed by atoms with E-state index in [0.29, 0.717) is 6.10 Å². The second-order valence-electron chi connectivity index (χ2n) is 3.13. The molecule has 0 bridgehead atoms. The Labute approximate surface area is 80.8 Å². The maximum Gasteiger partial charge on any atom is 0.0518 e. The van der Waals surface area contributed by atoms with Crippen LogP contribution in [0.1, 0.15) is 39.5 Å². The Morgan fingerprint density at radius 3 is 2.58 bits per heavy atom. The normalized spacial score (nSPS) is 11.7. The van der Waals surface area contributed by atoms with Crippen LogP contribution in [0.2, 0.25) is 0 Å². The van der Waals surface area contributed by atoms with E-state index in [-0.39, 0.29) is 0 Å². The SMILES string of the molecule is CC(C)OCCCCCC=CCl. The molecule has 0 fully saturated rings. The summed E-state index contributed by atoms with van der Waals surface area (Å²) in [6.45, 7) is 5.02. The van der Waals surface area contributed by atoms with Gasteiger partial charge in [-0.2, -0.15) is 0 Å². The summed E-state index contributed by atoms with van der Waals surface area (Å²) >= 11 is 5.38. The van der Waals surface area contributed by atoms with Crippen molar-refractivity contribution >= 4 is 11.6 Å². The van der Waals surface area contributed by atoms with Crippen LogP contribution < -0.4 is 0 Å². The zero-order valence-corrected chi connectivity index (χ0v) is 8.81. The number of halogens is 1. The van der Waals surface area contributed by atoms with Crippen molar-refractivity contribution in [3.05, 3.63) is 11.6 Å². The van der Waals surface area contributed by atoms with Gasteiger partial charge in [-0.3, -0.25) is 0 Å². The van der Waals surface area contributed by atoms with Crippen molar-refractivity contribution in [1.29, 1.82) is 0 Å². The van der Waals surface area contributed by atoms with Crippen LogP contribution in [0.4, 0.5) is 0 Å². The summed E-state index contributed by atoms with van der Waals surface area (Å²) in [5.74, 6) is 0. The lowest BCUT2D eigenvalue weighted by Gasteiger charge is -2.05. The minimum atomic E-state index is 0.368. The summed E-state index contributed by atoms with van der Waals surface area (Å²) in [7, 11) is 0. The molecule has 0 saturated carbocycles. The minimum Gasteiger partial charge on any atom is -0.379 e. The van der Waals surface area contributed by atoms with E-state index in [0.717, 1.165) is 19.4 Å². The summed E-state index contributed by atoms with van der Waals surface area (Å²) in [4.78, 5) is 0. The molecule has 12 heavy (non-hydrogen) atoms. The monoisotopic (exact) mass is 190 g/mol. The van der Waals surface area contributed by atoms with Crippen molar-refractivity contribution in [2.24, 2.45) is 0 Å². The Balaban J connectivity index is 2.91. The second-order valence-corrected chi connectivity index (χ2v) is 3.38. The third kappa shape index (κ3) is 9.99. The first kappa shape index (κ1) is 12.0. The molecule has 0 saturated heterocycles. The van der Waals surface area contributed by atoms with E-state index in [1.165, 1.54) is 12.8 Å². The van der Waals surface area contributed by atoms with Crippen molar-refractivity contribution < 1.29 is 4.74 Å². The topological polar surface area (TPSA) is 9.23 Å². The van der Waals surface area contributed by atoms with Crippen LogP contribution in [0.5, 0.6) is 0 Å². The zero-order valence-electron chi connectivity index (χ0n) is 8.05. The van der Waals surface area contributed by atoms with Crippen LogP contribution in [0.15, 0.2) is 11.6 Å². The number of allylic oxidation sites excluding steroid dienone is 1. The first-order valence-corrected chi connectivity index (χ1v) is 5.08. The molecule has 0 aromatic heterocycles. The number of unbranched alkanes of at least 4 members (excludes halogenated alkanes) is 3. The number of hydrogen-bond donors (Lipinski definition) is 0. The average molecular weight is 191 g/mol. The molecule has 1 nitrogen and oxygen atoms in total. The first-order valence-electron chi connectivity index (χ1n) is 4.64. The molecular formula is C10H19ClO. The lowest BCUT2D eigenvalue weighted by atomic mass is 10.2. The summed E-state index contributed by atoms with van der Waals surface area (Å²) < 4.78 is 5.40. The molecule has 0 amide bonds. The fraction of sp³-hybridized carbons (Fsp3) is 0.800. The molecule has 72 valence electrons. The summed E-state index contributed by atoms with van der Waals surface area (Å²) in [6, 6.07) is 0. The van der Waals surface area contributed by atoms with E-state index in [2.05, 4.69) is 13.8 Å². The molecule has 0 spiro atoms. The van der Waals surface area contributed by atoms with E-state index in [1.807, 2.05) is 6.08 Å². The summed E-state index contributed by atoms with van der Waals surface area (Å²) in [5, 5.41) is 0. The fourth-order valence-corrected chi connectivity index (χ4v) is 1.05. The van der Waals surface area contributed by atoms with Gasteiger partial charge in [0.25, 0.3) is 0 Å². The van der Waals surface area contributed by atoms with Crippen LogP contribution in [0.3, 0.4) is 0 Å². The smallest absolute Gasteiger partial charge is 0.0518 e. The van der Waals surface area contributed by atoms with E-state index in [4.69, 9.17) is 16.3 Å². The maximum absolute atomic E-state index is 5.40. The van der Waals surface area contributed by atoms with Crippen molar-refractivity contribution in [2.45, 2.75) is 45.6 Å². The number of rotatable bonds is 7. The van der Waals surface area contributed by atoms with Gasteiger partial charge in [0, 0.05) is 12.1 Å². The molecule has 0 aliphatic carbocycles. The Hall–Kier alpha value is -0.0100. The molecule has 0 unspecified atom stereocenters. The van der Waals surface area contributed by atoms with Gasteiger partial charge in [-0.05, 0) is 33.1 Å². The van der Waals surface area contributed by atoms with E-state index < -0.39 is 0 Å². The minimum absolute atomic E-state index is 0.368. The molecule has 0 N–H and O–H groups in total. The Morgan fingerprint density at radius 1 is 1.25 bits per heavy atom. The van der Waals surface area contributed by atoms with Gasteiger partial charge in [-0.25, -0.2) is 0 Å². The Bertz CT molecular complexity index is 110. The molecule has 0 aliphatic rings. The zero-order chi connectivity index (χ0) is 9.23. The van der Waals surface area contributed by atoms with Gasteiger partial charge >= 0.3 is 0 Å². The van der Waals surface area contributed by atoms with Gasteiger partial charge in [-0.1, -0.05) is 24.1 Å². The second kappa shape index (κ2) is 9.08. The molecule has 0 radical (unpaired) electrons. The van der Waals surface area contributed by atoms with Crippen LogP contribution in [-0.2, 0) is 4.74 Å². The molecule has 0 atom stereocenters. The van der Waals surface area contributed by atoms with Crippen LogP contribution >= 0.6 is 11.6 Å². The molecule has 0 aromatic rings. The quantitative estimate of drug-likeness (QED) is 0.556. The lowest BCUT2D eigenvalue weighted by molar-refractivity contribution is 0.0758. The molecular weight excluding hydrogens is 172 g/mol. The van der Waals surface area contributed by atoms with Gasteiger partial charge in [0.2, 0.25) is 0 Å². The highest BCUT2D eigenvalue weighted by molar-refractivity contribution is 6.25. The molecule has 0 heterocycles. The van der Waals surface area contributed by atoms with Crippen LogP contribution in [-0.4, -0.2) is 12.7 Å². The predicted octanol–water partition coefficient (Wildman–Crippen LogP) is 3.72. The van der Waals surface area contributed by atoms with Crippen LogP contribution in [0.25, 0.3) is 0 Å². The van der Waals surface area contributed by atoms with E-state index in [9.17, 15) is 0 Å². The maximum atomic E-state index is 5.40. The van der Waals surface area contributed by atoms with Crippen molar-refractivity contribution in [3.63, 3.8) is 0 Å².